The van der Waals surface area contributed by atoms with E-state index in [4.69, 9.17) is 45.6 Å². The minimum atomic E-state index is -3.77. The van der Waals surface area contributed by atoms with Gasteiger partial charge in [-0.1, -0.05) is 53.0 Å². The zero-order chi connectivity index (χ0) is 23.8. The molecule has 0 saturated carbocycles. The van der Waals surface area contributed by atoms with Gasteiger partial charge in [-0.05, 0) is 60.5 Å². The molecule has 6 nitrogen and oxygen atoms in total. The Morgan fingerprint density at radius 3 is 2.42 bits per heavy atom. The number of halogens is 3. The molecule has 1 atom stereocenters. The first-order valence-electron chi connectivity index (χ1n) is 10.1. The fraction of sp³-hybridized carbons (Fsp3) is 0.174. The lowest BCUT2D eigenvalue weighted by atomic mass is 10.0. The first kappa shape index (κ1) is 23.9. The number of sulfonamides is 1. The zero-order valence-electron chi connectivity index (χ0n) is 17.6. The van der Waals surface area contributed by atoms with Gasteiger partial charge in [0.05, 0.1) is 33.9 Å². The van der Waals surface area contributed by atoms with Gasteiger partial charge in [-0.25, -0.2) is 13.1 Å². The predicted molar refractivity (Wildman–Crippen MR) is 136 cm³/mol. The number of aryl methyl sites for hydroxylation is 1. The minimum absolute atomic E-state index is 0.0440. The van der Waals surface area contributed by atoms with E-state index >= 15 is 0 Å². The largest absolute Gasteiger partial charge is 0.399 e. The molecular formula is C23H21Cl3N4O2S. The lowest BCUT2D eigenvalue weighted by molar-refractivity contribution is 0.585. The highest BCUT2D eigenvalue weighted by molar-refractivity contribution is 7.89. The highest BCUT2D eigenvalue weighted by atomic mass is 35.5. The van der Waals surface area contributed by atoms with Crippen LogP contribution in [0.15, 0.2) is 70.7 Å². The van der Waals surface area contributed by atoms with E-state index in [9.17, 15) is 8.42 Å². The normalized spacial score (nSPS) is 16.2. The van der Waals surface area contributed by atoms with E-state index in [1.165, 1.54) is 6.07 Å². The van der Waals surface area contributed by atoms with Crippen molar-refractivity contribution in [2.45, 2.75) is 24.3 Å². The summed E-state index contributed by atoms with van der Waals surface area (Å²) in [6, 6.07) is 17.2. The van der Waals surface area contributed by atoms with E-state index in [-0.39, 0.29) is 17.5 Å². The SMILES string of the molecule is Cc1ccc(N)cc1S(=O)(=O)NCC1=NN(c2ccc(Cl)cc2Cl)C(c2ccc(Cl)cc2)C1. The Labute approximate surface area is 208 Å². The molecule has 0 fully saturated rings. The molecule has 0 aromatic heterocycles. The third-order valence-electron chi connectivity index (χ3n) is 5.35. The fourth-order valence-electron chi connectivity index (χ4n) is 3.68. The number of nitrogen functional groups attached to an aromatic ring is 1. The molecule has 4 rings (SSSR count). The quantitative estimate of drug-likeness (QED) is 0.398. The number of anilines is 2. The molecule has 0 aliphatic carbocycles. The van der Waals surface area contributed by atoms with Crippen LogP contribution in [0.25, 0.3) is 0 Å². The maximum atomic E-state index is 12.9. The van der Waals surface area contributed by atoms with Crippen molar-refractivity contribution < 1.29 is 8.42 Å². The zero-order valence-corrected chi connectivity index (χ0v) is 20.7. The second kappa shape index (κ2) is 9.52. The van der Waals surface area contributed by atoms with Crippen LogP contribution < -0.4 is 15.5 Å². The summed E-state index contributed by atoms with van der Waals surface area (Å²) in [5.74, 6) is 0. The smallest absolute Gasteiger partial charge is 0.241 e. The Kier molecular flexibility index (Phi) is 6.88. The molecule has 10 heteroatoms. The molecule has 1 heterocycles. The van der Waals surface area contributed by atoms with Gasteiger partial charge in [0, 0.05) is 22.2 Å². The van der Waals surface area contributed by atoms with Crippen molar-refractivity contribution in [2.75, 3.05) is 17.3 Å². The topological polar surface area (TPSA) is 87.8 Å². The molecule has 1 unspecified atom stereocenters. The molecule has 3 aromatic carbocycles. The van der Waals surface area contributed by atoms with Gasteiger partial charge in [0.1, 0.15) is 0 Å². The molecule has 1 aliphatic rings. The Bertz CT molecular complexity index is 1330. The van der Waals surface area contributed by atoms with E-state index in [1.54, 1.807) is 42.3 Å². The number of nitrogens with two attached hydrogens (primary N) is 1. The van der Waals surface area contributed by atoms with Crippen LogP contribution in [-0.2, 0) is 10.0 Å². The number of rotatable bonds is 6. The molecular weight excluding hydrogens is 503 g/mol. The number of hydrazone groups is 1. The van der Waals surface area contributed by atoms with Crippen molar-refractivity contribution in [3.05, 3.63) is 86.9 Å². The van der Waals surface area contributed by atoms with Crippen LogP contribution in [0.5, 0.6) is 0 Å². The maximum Gasteiger partial charge on any atom is 0.241 e. The predicted octanol–water partition coefficient (Wildman–Crippen LogP) is 5.82. The molecule has 1 aliphatic heterocycles. The number of nitrogens with zero attached hydrogens (tertiary/aromatic N) is 2. The summed E-state index contributed by atoms with van der Waals surface area (Å²) >= 11 is 18.6. The first-order chi connectivity index (χ1) is 15.6. The van der Waals surface area contributed by atoms with Crippen molar-refractivity contribution in [3.8, 4) is 0 Å². The molecule has 33 heavy (non-hydrogen) atoms. The van der Waals surface area contributed by atoms with Crippen molar-refractivity contribution in [1.82, 2.24) is 4.72 Å². The Balaban J connectivity index is 1.63. The van der Waals surface area contributed by atoms with Crippen molar-refractivity contribution >= 4 is 61.9 Å². The molecule has 0 bridgehead atoms. The van der Waals surface area contributed by atoms with Crippen molar-refractivity contribution in [1.29, 1.82) is 0 Å². The summed E-state index contributed by atoms with van der Waals surface area (Å²) in [6.07, 6.45) is 0.499. The summed E-state index contributed by atoms with van der Waals surface area (Å²) in [5.41, 5.74) is 9.08. The van der Waals surface area contributed by atoms with E-state index in [0.29, 0.717) is 44.1 Å². The third kappa shape index (κ3) is 5.28. The molecule has 0 saturated heterocycles. The van der Waals surface area contributed by atoms with Crippen LogP contribution in [0.1, 0.15) is 23.6 Å². The van der Waals surface area contributed by atoms with Gasteiger partial charge in [-0.15, -0.1) is 0 Å². The summed E-state index contributed by atoms with van der Waals surface area (Å²) in [6.45, 7) is 1.77. The van der Waals surface area contributed by atoms with Crippen molar-refractivity contribution in [2.24, 2.45) is 5.10 Å². The van der Waals surface area contributed by atoms with Gasteiger partial charge in [0.2, 0.25) is 10.0 Å². The van der Waals surface area contributed by atoms with E-state index < -0.39 is 10.0 Å². The molecule has 3 N–H and O–H groups in total. The third-order valence-corrected chi connectivity index (χ3v) is 7.69. The summed E-state index contributed by atoms with van der Waals surface area (Å²) in [4.78, 5) is 0.146. The van der Waals surface area contributed by atoms with Gasteiger partial charge >= 0.3 is 0 Å². The van der Waals surface area contributed by atoms with Gasteiger partial charge in [0.15, 0.2) is 0 Å². The van der Waals surface area contributed by atoms with Crippen molar-refractivity contribution in [3.63, 3.8) is 0 Å². The highest BCUT2D eigenvalue weighted by Crippen LogP contribution is 2.39. The van der Waals surface area contributed by atoms with E-state index in [2.05, 4.69) is 4.72 Å². The van der Waals surface area contributed by atoms with Crippen LogP contribution in [-0.4, -0.2) is 20.7 Å². The lowest BCUT2D eigenvalue weighted by Gasteiger charge is -2.25. The van der Waals surface area contributed by atoms with Crippen LogP contribution in [0.3, 0.4) is 0 Å². The number of nitrogens with one attached hydrogen (secondary N) is 1. The molecule has 0 radical (unpaired) electrons. The summed E-state index contributed by atoms with van der Waals surface area (Å²) in [5, 5.41) is 8.08. The Morgan fingerprint density at radius 2 is 1.73 bits per heavy atom. The fourth-order valence-corrected chi connectivity index (χ4v) is 5.59. The number of benzene rings is 3. The number of hydrogen-bond acceptors (Lipinski definition) is 5. The van der Waals surface area contributed by atoms with Gasteiger partial charge in [0.25, 0.3) is 0 Å². The molecule has 3 aromatic rings. The van der Waals surface area contributed by atoms with Gasteiger partial charge in [-0.3, -0.25) is 5.01 Å². The molecule has 0 spiro atoms. The van der Waals surface area contributed by atoms with Gasteiger partial charge in [-0.2, -0.15) is 5.10 Å². The molecule has 0 amide bonds. The van der Waals surface area contributed by atoms with Crippen LogP contribution in [0, 0.1) is 6.92 Å². The maximum absolute atomic E-state index is 12.9. The van der Waals surface area contributed by atoms with E-state index in [1.807, 2.05) is 24.3 Å². The second-order valence-corrected chi connectivity index (χ2v) is 10.7. The highest BCUT2D eigenvalue weighted by Gasteiger charge is 2.31. The van der Waals surface area contributed by atoms with Gasteiger partial charge < -0.3 is 5.73 Å². The Morgan fingerprint density at radius 1 is 1.03 bits per heavy atom. The summed E-state index contributed by atoms with van der Waals surface area (Å²) in [7, 11) is -3.77. The van der Waals surface area contributed by atoms with E-state index in [0.717, 1.165) is 5.56 Å². The average molecular weight is 524 g/mol. The monoisotopic (exact) mass is 522 g/mol. The molecule has 172 valence electrons. The number of hydrogen-bond donors (Lipinski definition) is 2. The standard InChI is InChI=1S/C23H21Cl3N4O2S/c1-14-2-8-18(27)11-23(14)33(31,32)28-13-19-12-22(15-3-5-16(24)6-4-15)30(29-19)21-9-7-17(25)10-20(21)26/h2-11,22,28H,12-13,27H2,1H3. The van der Waals surface area contributed by atoms with Crippen LogP contribution >= 0.6 is 34.8 Å². The first-order valence-corrected chi connectivity index (χ1v) is 12.7. The second-order valence-electron chi connectivity index (χ2n) is 7.73. The average Bonchev–Trinajstić information content (AvgIpc) is 3.18. The Hall–Kier alpha value is -2.29. The lowest BCUT2D eigenvalue weighted by Crippen LogP contribution is -2.29. The van der Waals surface area contributed by atoms with Crippen LogP contribution in [0.2, 0.25) is 15.1 Å². The summed E-state index contributed by atoms with van der Waals surface area (Å²) < 4.78 is 28.5. The van der Waals surface area contributed by atoms with Crippen LogP contribution in [0.4, 0.5) is 11.4 Å². The minimum Gasteiger partial charge on any atom is -0.399 e.